The van der Waals surface area contributed by atoms with E-state index in [0.717, 1.165) is 30.5 Å². The second-order valence-electron chi connectivity index (χ2n) is 6.82. The van der Waals surface area contributed by atoms with Crippen LogP contribution in [-0.2, 0) is 10.0 Å². The van der Waals surface area contributed by atoms with Crippen molar-refractivity contribution in [3.63, 3.8) is 0 Å². The Hall–Kier alpha value is -1.83. The van der Waals surface area contributed by atoms with Gasteiger partial charge in [0.1, 0.15) is 11.6 Å². The number of hydrogen-bond donors (Lipinski definition) is 0. The van der Waals surface area contributed by atoms with Crippen molar-refractivity contribution < 1.29 is 17.2 Å². The summed E-state index contributed by atoms with van der Waals surface area (Å²) in [6.07, 6.45) is 2.24. The zero-order chi connectivity index (χ0) is 18.3. The van der Waals surface area contributed by atoms with Gasteiger partial charge in [0, 0.05) is 25.7 Å². The lowest BCUT2D eigenvalue weighted by Crippen LogP contribution is -2.51. The number of benzene rings is 2. The first kappa shape index (κ1) is 17.6. The maximum atomic E-state index is 14.2. The molecule has 0 N–H and O–H groups in total. The summed E-state index contributed by atoms with van der Waals surface area (Å²) in [5, 5.41) is 0. The summed E-state index contributed by atoms with van der Waals surface area (Å²) in [6.45, 7) is 1.32. The van der Waals surface area contributed by atoms with Crippen molar-refractivity contribution in [3.05, 3.63) is 65.7 Å². The predicted octanol–water partition coefficient (Wildman–Crippen LogP) is 3.17. The largest absolute Gasteiger partial charge is 0.297 e. The SMILES string of the molecule is O=S(=O)(c1c(F)cccc1F)N1CCN(C2CC2)CC1c1ccccc1. The van der Waals surface area contributed by atoms with E-state index in [4.69, 9.17) is 0 Å². The minimum Gasteiger partial charge on any atom is -0.297 e. The van der Waals surface area contributed by atoms with Crippen molar-refractivity contribution in [1.82, 2.24) is 9.21 Å². The van der Waals surface area contributed by atoms with Crippen LogP contribution >= 0.6 is 0 Å². The second-order valence-corrected chi connectivity index (χ2v) is 8.65. The Balaban J connectivity index is 1.75. The minimum absolute atomic E-state index is 0.214. The fourth-order valence-electron chi connectivity index (χ4n) is 3.64. The van der Waals surface area contributed by atoms with Crippen molar-refractivity contribution in [2.45, 2.75) is 29.8 Å². The minimum atomic E-state index is -4.29. The molecule has 1 heterocycles. The molecule has 2 aromatic rings. The van der Waals surface area contributed by atoms with E-state index in [-0.39, 0.29) is 6.54 Å². The van der Waals surface area contributed by atoms with Gasteiger partial charge in [0.15, 0.2) is 4.90 Å². The highest BCUT2D eigenvalue weighted by atomic mass is 32.2. The second kappa shape index (κ2) is 6.72. The fraction of sp³-hybridized carbons (Fsp3) is 0.368. The van der Waals surface area contributed by atoms with Crippen LogP contribution in [0.4, 0.5) is 8.78 Å². The molecule has 0 amide bonds. The van der Waals surface area contributed by atoms with E-state index in [2.05, 4.69) is 4.90 Å². The van der Waals surface area contributed by atoms with Crippen molar-refractivity contribution >= 4 is 10.0 Å². The molecule has 1 atom stereocenters. The van der Waals surface area contributed by atoms with Gasteiger partial charge in [0.2, 0.25) is 10.0 Å². The molecule has 1 unspecified atom stereocenters. The zero-order valence-corrected chi connectivity index (χ0v) is 15.0. The normalized spacial score (nSPS) is 22.5. The molecule has 1 saturated heterocycles. The molecular weight excluding hydrogens is 358 g/mol. The summed E-state index contributed by atoms with van der Waals surface area (Å²) in [7, 11) is -4.29. The number of rotatable bonds is 4. The first-order chi connectivity index (χ1) is 12.5. The molecule has 0 aromatic heterocycles. The predicted molar refractivity (Wildman–Crippen MR) is 94.0 cm³/mol. The Morgan fingerprint density at radius 2 is 1.54 bits per heavy atom. The molecule has 0 spiro atoms. The molecule has 2 fully saturated rings. The number of nitrogens with zero attached hydrogens (tertiary/aromatic N) is 2. The molecule has 4 nitrogen and oxygen atoms in total. The van der Waals surface area contributed by atoms with Crippen LogP contribution in [0.5, 0.6) is 0 Å². The monoisotopic (exact) mass is 378 g/mol. The molecule has 1 saturated carbocycles. The third kappa shape index (κ3) is 3.15. The van der Waals surface area contributed by atoms with Gasteiger partial charge in [-0.25, -0.2) is 17.2 Å². The summed E-state index contributed by atoms with van der Waals surface area (Å²) in [5.41, 5.74) is 0.832. The van der Waals surface area contributed by atoms with Crippen molar-refractivity contribution in [3.8, 4) is 0 Å². The average molecular weight is 378 g/mol. The van der Waals surface area contributed by atoms with E-state index < -0.39 is 32.6 Å². The van der Waals surface area contributed by atoms with Crippen LogP contribution in [0, 0.1) is 11.6 Å². The highest BCUT2D eigenvalue weighted by molar-refractivity contribution is 7.89. The highest BCUT2D eigenvalue weighted by Gasteiger charge is 2.42. The summed E-state index contributed by atoms with van der Waals surface area (Å²) in [6, 6.07) is 12.4. The molecule has 138 valence electrons. The molecule has 0 radical (unpaired) electrons. The Bertz CT molecular complexity index is 881. The van der Waals surface area contributed by atoms with Crippen molar-refractivity contribution in [2.24, 2.45) is 0 Å². The van der Waals surface area contributed by atoms with Gasteiger partial charge < -0.3 is 0 Å². The fourth-order valence-corrected chi connectivity index (χ4v) is 5.35. The van der Waals surface area contributed by atoms with E-state index in [1.165, 1.54) is 10.4 Å². The van der Waals surface area contributed by atoms with E-state index in [1.54, 1.807) is 0 Å². The van der Waals surface area contributed by atoms with Gasteiger partial charge in [0.25, 0.3) is 0 Å². The van der Waals surface area contributed by atoms with Gasteiger partial charge in [-0.15, -0.1) is 0 Å². The molecular formula is C19H20F2N2O2S. The van der Waals surface area contributed by atoms with E-state index in [9.17, 15) is 17.2 Å². The smallest absolute Gasteiger partial charge is 0.249 e. The number of sulfonamides is 1. The third-order valence-corrected chi connectivity index (χ3v) is 7.06. The summed E-state index contributed by atoms with van der Waals surface area (Å²) in [4.78, 5) is 1.42. The molecule has 26 heavy (non-hydrogen) atoms. The molecule has 2 aliphatic rings. The van der Waals surface area contributed by atoms with Gasteiger partial charge in [-0.05, 0) is 30.5 Å². The topological polar surface area (TPSA) is 40.6 Å². The summed E-state index contributed by atoms with van der Waals surface area (Å²) in [5.74, 6) is -2.11. The Morgan fingerprint density at radius 1 is 0.885 bits per heavy atom. The zero-order valence-electron chi connectivity index (χ0n) is 14.2. The molecule has 7 heteroatoms. The maximum Gasteiger partial charge on any atom is 0.249 e. The first-order valence-corrected chi connectivity index (χ1v) is 10.2. The van der Waals surface area contributed by atoms with Crippen molar-refractivity contribution in [2.75, 3.05) is 19.6 Å². The van der Waals surface area contributed by atoms with Crippen LogP contribution in [0.1, 0.15) is 24.4 Å². The number of halogens is 2. The van der Waals surface area contributed by atoms with Crippen LogP contribution < -0.4 is 0 Å². The van der Waals surface area contributed by atoms with Gasteiger partial charge in [-0.3, -0.25) is 4.90 Å². The average Bonchev–Trinajstić information content (AvgIpc) is 3.47. The van der Waals surface area contributed by atoms with Crippen molar-refractivity contribution in [1.29, 1.82) is 0 Å². The number of piperazine rings is 1. The number of hydrogen-bond acceptors (Lipinski definition) is 3. The van der Waals surface area contributed by atoms with Crippen LogP contribution in [0.15, 0.2) is 53.4 Å². The summed E-state index contributed by atoms with van der Waals surface area (Å²) >= 11 is 0. The van der Waals surface area contributed by atoms with Crippen LogP contribution in [0.25, 0.3) is 0 Å². The van der Waals surface area contributed by atoms with Gasteiger partial charge in [-0.1, -0.05) is 36.4 Å². The Morgan fingerprint density at radius 3 is 2.15 bits per heavy atom. The lowest BCUT2D eigenvalue weighted by molar-refractivity contribution is 0.128. The Labute approximate surface area is 152 Å². The molecule has 1 aliphatic heterocycles. The van der Waals surface area contributed by atoms with Gasteiger partial charge >= 0.3 is 0 Å². The lowest BCUT2D eigenvalue weighted by atomic mass is 10.0. The molecule has 4 rings (SSSR count). The highest BCUT2D eigenvalue weighted by Crippen LogP contribution is 2.37. The van der Waals surface area contributed by atoms with E-state index in [1.807, 2.05) is 30.3 Å². The quantitative estimate of drug-likeness (QED) is 0.821. The molecule has 2 aromatic carbocycles. The van der Waals surface area contributed by atoms with Crippen LogP contribution in [0.2, 0.25) is 0 Å². The lowest BCUT2D eigenvalue weighted by Gasteiger charge is -2.41. The van der Waals surface area contributed by atoms with E-state index >= 15 is 0 Å². The third-order valence-electron chi connectivity index (χ3n) is 5.10. The molecule has 1 aliphatic carbocycles. The van der Waals surface area contributed by atoms with Gasteiger partial charge in [0.05, 0.1) is 6.04 Å². The van der Waals surface area contributed by atoms with E-state index in [0.29, 0.717) is 19.1 Å². The van der Waals surface area contributed by atoms with Crippen LogP contribution in [-0.4, -0.2) is 43.3 Å². The molecule has 0 bridgehead atoms. The standard InChI is InChI=1S/C19H20F2N2O2S/c20-16-7-4-8-17(21)19(16)26(24,25)23-12-11-22(15-9-10-15)13-18(23)14-5-2-1-3-6-14/h1-8,15,18H,9-13H2. The maximum absolute atomic E-state index is 14.2. The Kier molecular flexibility index (Phi) is 4.54. The van der Waals surface area contributed by atoms with Gasteiger partial charge in [-0.2, -0.15) is 4.31 Å². The first-order valence-electron chi connectivity index (χ1n) is 8.73. The van der Waals surface area contributed by atoms with Crippen LogP contribution in [0.3, 0.4) is 0 Å². The summed E-state index contributed by atoms with van der Waals surface area (Å²) < 4.78 is 55.9.